The van der Waals surface area contributed by atoms with E-state index in [1.807, 2.05) is 30.0 Å². The SMILES string of the molecule is CC(=O)N1CCC(Cc2cccc(N3CC(C)OC3=O)n2)CC1. The molecule has 2 aliphatic heterocycles. The maximum Gasteiger partial charge on any atom is 0.415 e. The number of rotatable bonds is 3. The molecule has 0 aromatic carbocycles. The fourth-order valence-electron chi connectivity index (χ4n) is 3.27. The number of likely N-dealkylation sites (tertiary alicyclic amines) is 1. The lowest BCUT2D eigenvalue weighted by molar-refractivity contribution is -0.130. The fourth-order valence-corrected chi connectivity index (χ4v) is 3.27. The van der Waals surface area contributed by atoms with Gasteiger partial charge in [-0.3, -0.25) is 9.69 Å². The zero-order chi connectivity index (χ0) is 16.4. The van der Waals surface area contributed by atoms with Crippen molar-refractivity contribution in [3.8, 4) is 0 Å². The zero-order valence-electron chi connectivity index (χ0n) is 13.7. The van der Waals surface area contributed by atoms with Crippen LogP contribution in [0.1, 0.15) is 32.4 Å². The van der Waals surface area contributed by atoms with E-state index in [1.165, 1.54) is 0 Å². The smallest absolute Gasteiger partial charge is 0.415 e. The van der Waals surface area contributed by atoms with Gasteiger partial charge < -0.3 is 9.64 Å². The molecule has 2 amide bonds. The summed E-state index contributed by atoms with van der Waals surface area (Å²) in [5.74, 6) is 1.36. The predicted octanol–water partition coefficient (Wildman–Crippen LogP) is 2.23. The first-order chi connectivity index (χ1) is 11.0. The van der Waals surface area contributed by atoms with Gasteiger partial charge in [-0.1, -0.05) is 6.07 Å². The first-order valence-corrected chi connectivity index (χ1v) is 8.22. The molecule has 23 heavy (non-hydrogen) atoms. The lowest BCUT2D eigenvalue weighted by Gasteiger charge is -2.31. The highest BCUT2D eigenvalue weighted by atomic mass is 16.6. The summed E-state index contributed by atoms with van der Waals surface area (Å²) in [5.41, 5.74) is 0.996. The first kappa shape index (κ1) is 15.8. The van der Waals surface area contributed by atoms with Gasteiger partial charge in [0.2, 0.25) is 5.91 Å². The average Bonchev–Trinajstić information content (AvgIpc) is 2.87. The predicted molar refractivity (Wildman–Crippen MR) is 86.2 cm³/mol. The summed E-state index contributed by atoms with van der Waals surface area (Å²) in [5, 5.41) is 0. The van der Waals surface area contributed by atoms with E-state index in [4.69, 9.17) is 4.74 Å². The van der Waals surface area contributed by atoms with E-state index in [2.05, 4.69) is 4.98 Å². The Labute approximate surface area is 136 Å². The number of aromatic nitrogens is 1. The van der Waals surface area contributed by atoms with Gasteiger partial charge in [0, 0.05) is 25.7 Å². The molecule has 0 N–H and O–H groups in total. The number of pyridine rings is 1. The Balaban J connectivity index is 1.62. The number of nitrogens with zero attached hydrogens (tertiary/aromatic N) is 3. The van der Waals surface area contributed by atoms with Gasteiger partial charge in [0.1, 0.15) is 11.9 Å². The monoisotopic (exact) mass is 317 g/mol. The first-order valence-electron chi connectivity index (χ1n) is 8.22. The van der Waals surface area contributed by atoms with Crippen LogP contribution in [0.5, 0.6) is 0 Å². The highest BCUT2D eigenvalue weighted by Gasteiger charge is 2.30. The molecule has 2 aliphatic rings. The quantitative estimate of drug-likeness (QED) is 0.857. The summed E-state index contributed by atoms with van der Waals surface area (Å²) >= 11 is 0. The van der Waals surface area contributed by atoms with Gasteiger partial charge in [-0.05, 0) is 44.2 Å². The van der Waals surface area contributed by atoms with Crippen molar-refractivity contribution in [1.82, 2.24) is 9.88 Å². The van der Waals surface area contributed by atoms with Gasteiger partial charge in [0.25, 0.3) is 0 Å². The zero-order valence-corrected chi connectivity index (χ0v) is 13.7. The van der Waals surface area contributed by atoms with E-state index in [1.54, 1.807) is 11.8 Å². The van der Waals surface area contributed by atoms with Gasteiger partial charge in [-0.2, -0.15) is 0 Å². The van der Waals surface area contributed by atoms with Crippen molar-refractivity contribution in [2.75, 3.05) is 24.5 Å². The van der Waals surface area contributed by atoms with Crippen LogP contribution in [-0.2, 0) is 16.0 Å². The molecule has 0 bridgehead atoms. The molecule has 0 radical (unpaired) electrons. The average molecular weight is 317 g/mol. The maximum atomic E-state index is 11.8. The number of hydrogen-bond acceptors (Lipinski definition) is 4. The Kier molecular flexibility index (Phi) is 4.50. The number of piperidine rings is 1. The van der Waals surface area contributed by atoms with E-state index < -0.39 is 0 Å². The van der Waals surface area contributed by atoms with Crippen molar-refractivity contribution >= 4 is 17.8 Å². The van der Waals surface area contributed by atoms with Crippen LogP contribution in [0.15, 0.2) is 18.2 Å². The van der Waals surface area contributed by atoms with E-state index in [0.717, 1.165) is 38.0 Å². The third-order valence-corrected chi connectivity index (χ3v) is 4.59. The summed E-state index contributed by atoms with van der Waals surface area (Å²) in [6.45, 7) is 5.71. The van der Waals surface area contributed by atoms with E-state index in [0.29, 0.717) is 18.3 Å². The van der Waals surface area contributed by atoms with Crippen LogP contribution < -0.4 is 4.90 Å². The Morgan fingerprint density at radius 1 is 1.35 bits per heavy atom. The lowest BCUT2D eigenvalue weighted by Crippen LogP contribution is -2.37. The maximum absolute atomic E-state index is 11.8. The van der Waals surface area contributed by atoms with Gasteiger partial charge in [0.15, 0.2) is 0 Å². The lowest BCUT2D eigenvalue weighted by atomic mass is 9.92. The third kappa shape index (κ3) is 3.63. The molecule has 0 aliphatic carbocycles. The molecule has 1 aromatic heterocycles. The summed E-state index contributed by atoms with van der Waals surface area (Å²) in [6.07, 6.45) is 2.49. The summed E-state index contributed by atoms with van der Waals surface area (Å²) < 4.78 is 5.16. The van der Waals surface area contributed by atoms with Crippen molar-refractivity contribution in [3.63, 3.8) is 0 Å². The van der Waals surface area contributed by atoms with Crippen LogP contribution in [0, 0.1) is 5.92 Å². The second kappa shape index (κ2) is 6.56. The Morgan fingerprint density at radius 2 is 2.09 bits per heavy atom. The molecule has 124 valence electrons. The van der Waals surface area contributed by atoms with Gasteiger partial charge in [-0.15, -0.1) is 0 Å². The summed E-state index contributed by atoms with van der Waals surface area (Å²) in [6, 6.07) is 5.80. The molecule has 0 spiro atoms. The van der Waals surface area contributed by atoms with Crippen molar-refractivity contribution < 1.29 is 14.3 Å². The van der Waals surface area contributed by atoms with E-state index in [-0.39, 0.29) is 18.1 Å². The largest absolute Gasteiger partial charge is 0.444 e. The molecule has 1 unspecified atom stereocenters. The highest BCUT2D eigenvalue weighted by Crippen LogP contribution is 2.24. The minimum absolute atomic E-state index is 0.0936. The molecule has 1 aromatic rings. The van der Waals surface area contributed by atoms with E-state index >= 15 is 0 Å². The van der Waals surface area contributed by atoms with Crippen molar-refractivity contribution in [1.29, 1.82) is 0 Å². The van der Waals surface area contributed by atoms with Crippen LogP contribution in [0.3, 0.4) is 0 Å². The minimum atomic E-state index is -0.322. The number of anilines is 1. The molecule has 2 fully saturated rings. The number of carbonyl (C=O) groups is 2. The van der Waals surface area contributed by atoms with Gasteiger partial charge in [0.05, 0.1) is 6.54 Å². The normalized spacial score (nSPS) is 22.3. The van der Waals surface area contributed by atoms with Crippen molar-refractivity contribution in [2.24, 2.45) is 5.92 Å². The second-order valence-electron chi connectivity index (χ2n) is 6.45. The van der Waals surface area contributed by atoms with E-state index in [9.17, 15) is 9.59 Å². The third-order valence-electron chi connectivity index (χ3n) is 4.59. The number of amides is 2. The molecule has 6 nitrogen and oxygen atoms in total. The number of ether oxygens (including phenoxy) is 1. The molecular weight excluding hydrogens is 294 g/mol. The number of hydrogen-bond donors (Lipinski definition) is 0. The molecule has 0 saturated carbocycles. The van der Waals surface area contributed by atoms with Crippen LogP contribution in [0.25, 0.3) is 0 Å². The highest BCUT2D eigenvalue weighted by molar-refractivity contribution is 5.88. The van der Waals surface area contributed by atoms with Gasteiger partial charge >= 0.3 is 6.09 Å². The number of carbonyl (C=O) groups excluding carboxylic acids is 2. The Bertz CT molecular complexity index is 597. The topological polar surface area (TPSA) is 62.7 Å². The standard InChI is InChI=1S/C17H23N3O3/c1-12-11-20(17(22)23-12)16-5-3-4-15(18-16)10-14-6-8-19(9-7-14)13(2)21/h3-5,12,14H,6-11H2,1-2H3. The summed E-state index contributed by atoms with van der Waals surface area (Å²) in [4.78, 5) is 31.3. The molecule has 6 heteroatoms. The van der Waals surface area contributed by atoms with Crippen LogP contribution in [0.4, 0.5) is 10.6 Å². The molecule has 1 atom stereocenters. The Hall–Kier alpha value is -2.11. The molecular formula is C17H23N3O3. The minimum Gasteiger partial charge on any atom is -0.444 e. The fraction of sp³-hybridized carbons (Fsp3) is 0.588. The van der Waals surface area contributed by atoms with Crippen LogP contribution in [0.2, 0.25) is 0 Å². The molecule has 3 rings (SSSR count). The second-order valence-corrected chi connectivity index (χ2v) is 6.45. The Morgan fingerprint density at radius 3 is 2.70 bits per heavy atom. The van der Waals surface area contributed by atoms with Gasteiger partial charge in [-0.25, -0.2) is 9.78 Å². The van der Waals surface area contributed by atoms with Crippen molar-refractivity contribution in [3.05, 3.63) is 23.9 Å². The summed E-state index contributed by atoms with van der Waals surface area (Å²) in [7, 11) is 0. The molecule has 2 saturated heterocycles. The van der Waals surface area contributed by atoms with Crippen LogP contribution >= 0.6 is 0 Å². The number of cyclic esters (lactones) is 1. The van der Waals surface area contributed by atoms with Crippen molar-refractivity contribution in [2.45, 2.75) is 39.2 Å². The molecule has 3 heterocycles. The van der Waals surface area contributed by atoms with Crippen LogP contribution in [-0.4, -0.2) is 47.6 Å².